The third-order valence-electron chi connectivity index (χ3n) is 3.49. The summed E-state index contributed by atoms with van der Waals surface area (Å²) in [5.74, 6) is 0. The van der Waals surface area contributed by atoms with Crippen LogP contribution in [0.1, 0.15) is 24.8 Å². The molecule has 4 heteroatoms. The molecule has 0 unspecified atom stereocenters. The maximum atomic E-state index is 5.59. The molecule has 118 valence electrons. The van der Waals surface area contributed by atoms with Crippen LogP contribution in [-0.2, 0) is 25.6 Å². The minimum absolute atomic E-state index is 0.492. The normalized spacial score (nSPS) is 15.0. The van der Waals surface area contributed by atoms with Crippen molar-refractivity contribution < 1.29 is 18.9 Å². The molecular weight excluding hydrogens is 268 g/mol. The van der Waals surface area contributed by atoms with Gasteiger partial charge in [0.15, 0.2) is 0 Å². The number of benzene rings is 1. The van der Waals surface area contributed by atoms with Gasteiger partial charge in [-0.1, -0.05) is 30.3 Å². The summed E-state index contributed by atoms with van der Waals surface area (Å²) in [5, 5.41) is 0. The van der Waals surface area contributed by atoms with Gasteiger partial charge in [0.25, 0.3) is 0 Å². The van der Waals surface area contributed by atoms with Crippen LogP contribution in [0, 0.1) is 0 Å². The van der Waals surface area contributed by atoms with Crippen LogP contribution in [0.2, 0.25) is 0 Å². The van der Waals surface area contributed by atoms with Gasteiger partial charge in [0.05, 0.1) is 52.4 Å². The van der Waals surface area contributed by atoms with Crippen LogP contribution in [-0.4, -0.2) is 45.7 Å². The maximum absolute atomic E-state index is 5.59. The fourth-order valence-corrected chi connectivity index (χ4v) is 2.02. The zero-order valence-electron chi connectivity index (χ0n) is 12.7. The molecule has 1 aliphatic rings. The lowest BCUT2D eigenvalue weighted by atomic mass is 9.96. The van der Waals surface area contributed by atoms with Crippen LogP contribution >= 0.6 is 0 Å². The van der Waals surface area contributed by atoms with Gasteiger partial charge in [-0.15, -0.1) is 0 Å². The molecule has 0 spiro atoms. The molecule has 1 aromatic carbocycles. The quantitative estimate of drug-likeness (QED) is 0.556. The van der Waals surface area contributed by atoms with Crippen molar-refractivity contribution in [2.24, 2.45) is 0 Å². The summed E-state index contributed by atoms with van der Waals surface area (Å²) in [5.41, 5.74) is 1.19. The van der Waals surface area contributed by atoms with Crippen LogP contribution in [0.25, 0.3) is 0 Å². The smallest absolute Gasteiger partial charge is 0.0718 e. The number of ether oxygens (including phenoxy) is 4. The topological polar surface area (TPSA) is 36.9 Å². The third kappa shape index (κ3) is 7.58. The Balaban J connectivity index is 1.29. The zero-order chi connectivity index (χ0) is 14.6. The van der Waals surface area contributed by atoms with Gasteiger partial charge in [-0.3, -0.25) is 0 Å². The Labute approximate surface area is 127 Å². The Bertz CT molecular complexity index is 351. The van der Waals surface area contributed by atoms with Crippen molar-refractivity contribution >= 4 is 0 Å². The van der Waals surface area contributed by atoms with Gasteiger partial charge in [-0.2, -0.15) is 0 Å². The highest BCUT2D eigenvalue weighted by atomic mass is 16.6. The second kappa shape index (κ2) is 10.7. The first-order valence-electron chi connectivity index (χ1n) is 7.84. The predicted octanol–water partition coefficient (Wildman–Crippen LogP) is 2.81. The molecule has 21 heavy (non-hydrogen) atoms. The van der Waals surface area contributed by atoms with Crippen molar-refractivity contribution in [3.8, 4) is 0 Å². The van der Waals surface area contributed by atoms with Gasteiger partial charge in [-0.25, -0.2) is 0 Å². The molecule has 0 saturated heterocycles. The molecule has 1 aliphatic carbocycles. The van der Waals surface area contributed by atoms with Crippen molar-refractivity contribution in [3.05, 3.63) is 35.9 Å². The largest absolute Gasteiger partial charge is 0.377 e. The van der Waals surface area contributed by atoms with E-state index in [2.05, 4.69) is 12.1 Å². The average molecular weight is 294 g/mol. The van der Waals surface area contributed by atoms with Gasteiger partial charge < -0.3 is 18.9 Å². The van der Waals surface area contributed by atoms with Crippen LogP contribution < -0.4 is 0 Å². The second-order valence-electron chi connectivity index (χ2n) is 5.19. The van der Waals surface area contributed by atoms with E-state index >= 15 is 0 Å². The molecule has 0 N–H and O–H groups in total. The van der Waals surface area contributed by atoms with Gasteiger partial charge >= 0.3 is 0 Å². The van der Waals surface area contributed by atoms with Crippen molar-refractivity contribution in [2.45, 2.75) is 32.0 Å². The zero-order valence-corrected chi connectivity index (χ0v) is 12.7. The van der Waals surface area contributed by atoms with Crippen LogP contribution in [0.15, 0.2) is 30.3 Å². The Morgan fingerprint density at radius 1 is 0.762 bits per heavy atom. The molecule has 4 nitrogen and oxygen atoms in total. The summed E-state index contributed by atoms with van der Waals surface area (Å²) in [4.78, 5) is 0. The molecular formula is C17H26O4. The van der Waals surface area contributed by atoms with Gasteiger partial charge in [0.1, 0.15) is 0 Å². The molecule has 1 fully saturated rings. The first-order valence-corrected chi connectivity index (χ1v) is 7.84. The van der Waals surface area contributed by atoms with E-state index in [1.807, 2.05) is 18.2 Å². The number of rotatable bonds is 12. The van der Waals surface area contributed by atoms with Crippen molar-refractivity contribution in [3.63, 3.8) is 0 Å². The Morgan fingerprint density at radius 3 is 2.00 bits per heavy atom. The molecule has 0 atom stereocenters. The molecule has 0 radical (unpaired) electrons. The summed E-state index contributed by atoms with van der Waals surface area (Å²) in [6, 6.07) is 10.1. The Hall–Kier alpha value is -0.940. The van der Waals surface area contributed by atoms with E-state index in [1.165, 1.54) is 24.8 Å². The average Bonchev–Trinajstić information content (AvgIpc) is 2.47. The molecule has 0 heterocycles. The van der Waals surface area contributed by atoms with E-state index in [1.54, 1.807) is 0 Å². The van der Waals surface area contributed by atoms with E-state index < -0.39 is 0 Å². The molecule has 0 aromatic heterocycles. The minimum atomic E-state index is 0.492. The molecule has 2 rings (SSSR count). The fraction of sp³-hybridized carbons (Fsp3) is 0.647. The predicted molar refractivity (Wildman–Crippen MR) is 81.3 cm³/mol. The summed E-state index contributed by atoms with van der Waals surface area (Å²) < 4.78 is 22.0. The Kier molecular flexibility index (Phi) is 8.40. The van der Waals surface area contributed by atoms with Crippen molar-refractivity contribution in [1.29, 1.82) is 0 Å². The first-order chi connectivity index (χ1) is 10.4. The van der Waals surface area contributed by atoms with Crippen LogP contribution in [0.5, 0.6) is 0 Å². The SMILES string of the molecule is c1ccc(COCCOCCOCCOC2CCC2)cc1. The van der Waals surface area contributed by atoms with Gasteiger partial charge in [0, 0.05) is 0 Å². The maximum Gasteiger partial charge on any atom is 0.0718 e. The van der Waals surface area contributed by atoms with Crippen LogP contribution in [0.3, 0.4) is 0 Å². The monoisotopic (exact) mass is 294 g/mol. The lowest BCUT2D eigenvalue weighted by Crippen LogP contribution is -2.23. The highest BCUT2D eigenvalue weighted by molar-refractivity contribution is 5.13. The number of hydrogen-bond acceptors (Lipinski definition) is 4. The molecule has 1 aromatic rings. The van der Waals surface area contributed by atoms with E-state index in [0.717, 1.165) is 0 Å². The van der Waals surface area contributed by atoms with Crippen LogP contribution in [0.4, 0.5) is 0 Å². The first kappa shape index (κ1) is 16.4. The van der Waals surface area contributed by atoms with E-state index in [-0.39, 0.29) is 0 Å². The number of hydrogen-bond donors (Lipinski definition) is 0. The molecule has 1 saturated carbocycles. The molecule has 0 aliphatic heterocycles. The van der Waals surface area contributed by atoms with Crippen molar-refractivity contribution in [1.82, 2.24) is 0 Å². The summed E-state index contributed by atoms with van der Waals surface area (Å²) in [6.07, 6.45) is 4.23. The molecule has 0 amide bonds. The lowest BCUT2D eigenvalue weighted by Gasteiger charge is -2.25. The summed E-state index contributed by atoms with van der Waals surface area (Å²) in [7, 11) is 0. The van der Waals surface area contributed by atoms with E-state index in [4.69, 9.17) is 18.9 Å². The van der Waals surface area contributed by atoms with E-state index in [9.17, 15) is 0 Å². The third-order valence-corrected chi connectivity index (χ3v) is 3.49. The van der Waals surface area contributed by atoms with Gasteiger partial charge in [0.2, 0.25) is 0 Å². The van der Waals surface area contributed by atoms with Gasteiger partial charge in [-0.05, 0) is 24.8 Å². The standard InChI is InChI=1S/C17H26O4/c1-2-5-16(6-3-1)15-20-12-11-18-9-10-19-13-14-21-17-7-4-8-17/h1-3,5-6,17H,4,7-15H2. The second-order valence-corrected chi connectivity index (χ2v) is 5.19. The summed E-state index contributed by atoms with van der Waals surface area (Å²) >= 11 is 0. The highest BCUT2D eigenvalue weighted by Gasteiger charge is 2.16. The minimum Gasteiger partial charge on any atom is -0.377 e. The Morgan fingerprint density at radius 2 is 1.38 bits per heavy atom. The van der Waals surface area contributed by atoms with E-state index in [0.29, 0.717) is 52.4 Å². The highest BCUT2D eigenvalue weighted by Crippen LogP contribution is 2.21. The lowest BCUT2D eigenvalue weighted by molar-refractivity contribution is -0.0401. The fourth-order valence-electron chi connectivity index (χ4n) is 2.02. The summed E-state index contributed by atoms with van der Waals surface area (Å²) in [6.45, 7) is 4.44. The molecule has 0 bridgehead atoms. The van der Waals surface area contributed by atoms with Crippen molar-refractivity contribution in [2.75, 3.05) is 39.6 Å².